The number of carbonyl (C=O) groups is 1. The summed E-state index contributed by atoms with van der Waals surface area (Å²) >= 11 is 0. The number of fused-ring (bicyclic) bond motifs is 1. The molecule has 2 aromatic carbocycles. The number of hydrogen-bond acceptors (Lipinski definition) is 6. The Kier molecular flexibility index (Phi) is 8.79. The van der Waals surface area contributed by atoms with Crippen LogP contribution in [0, 0.1) is 0 Å². The molecule has 0 radical (unpaired) electrons. The molecule has 2 N–H and O–H groups in total. The van der Waals surface area contributed by atoms with E-state index in [0.29, 0.717) is 23.3 Å². The van der Waals surface area contributed by atoms with E-state index in [9.17, 15) is 23.1 Å². The molecule has 1 aliphatic rings. The molecule has 3 aromatic rings. The lowest BCUT2D eigenvalue weighted by Crippen LogP contribution is -2.46. The quantitative estimate of drug-likeness (QED) is 0.362. The first-order valence-electron chi connectivity index (χ1n) is 13.0. The molecule has 2 heterocycles. The van der Waals surface area contributed by atoms with E-state index in [-0.39, 0.29) is 18.8 Å². The first kappa shape index (κ1) is 28.4. The lowest BCUT2D eigenvalue weighted by atomic mass is 10.0. The van der Waals surface area contributed by atoms with Crippen LogP contribution in [-0.2, 0) is 4.79 Å². The second-order valence-corrected chi connectivity index (χ2v) is 9.55. The summed E-state index contributed by atoms with van der Waals surface area (Å²) in [5.41, 5.74) is 1.81. The van der Waals surface area contributed by atoms with Gasteiger partial charge in [0.05, 0.1) is 20.3 Å². The van der Waals surface area contributed by atoms with Crippen LogP contribution >= 0.6 is 0 Å². The third-order valence-electron chi connectivity index (χ3n) is 7.32. The van der Waals surface area contributed by atoms with E-state index in [1.807, 2.05) is 35.8 Å². The van der Waals surface area contributed by atoms with E-state index in [1.165, 1.54) is 14.2 Å². The number of hydrogen-bond donors (Lipinski definition) is 2. The number of anilines is 1. The maximum Gasteiger partial charge on any atom is 0.471 e. The summed E-state index contributed by atoms with van der Waals surface area (Å²) in [6.07, 6.45) is -2.42. The van der Waals surface area contributed by atoms with E-state index in [0.717, 1.165) is 49.4 Å². The topological polar surface area (TPSA) is 79.2 Å². The smallest absolute Gasteiger partial charge is 0.471 e. The summed E-state index contributed by atoms with van der Waals surface area (Å²) < 4.78 is 50.5. The van der Waals surface area contributed by atoms with Crippen LogP contribution in [0.3, 0.4) is 0 Å². The third-order valence-corrected chi connectivity index (χ3v) is 7.32. The van der Waals surface area contributed by atoms with E-state index in [2.05, 4.69) is 16.7 Å². The van der Waals surface area contributed by atoms with Gasteiger partial charge < -0.3 is 34.3 Å². The highest BCUT2D eigenvalue weighted by atomic mass is 19.4. The number of aromatic nitrogens is 1. The highest BCUT2D eigenvalue weighted by molar-refractivity contribution is 5.98. The van der Waals surface area contributed by atoms with Gasteiger partial charge in [0.2, 0.25) is 0 Å². The number of amides is 1. The molecule has 39 heavy (non-hydrogen) atoms. The number of carbonyl (C=O) groups excluding carboxylic acids is 1. The number of ether oxygens (including phenoxy) is 2. The van der Waals surface area contributed by atoms with E-state index < -0.39 is 18.1 Å². The second kappa shape index (κ2) is 12.1. The van der Waals surface area contributed by atoms with Crippen molar-refractivity contribution in [2.45, 2.75) is 32.0 Å². The Morgan fingerprint density at radius 1 is 1.05 bits per heavy atom. The van der Waals surface area contributed by atoms with Crippen LogP contribution in [-0.4, -0.2) is 80.1 Å². The van der Waals surface area contributed by atoms with Crippen LogP contribution in [0.2, 0.25) is 0 Å². The van der Waals surface area contributed by atoms with Gasteiger partial charge in [-0.3, -0.25) is 4.79 Å². The number of aromatic hydroxyl groups is 1. The van der Waals surface area contributed by atoms with Gasteiger partial charge in [-0.2, -0.15) is 13.2 Å². The average molecular weight is 549 g/mol. The number of methoxy groups -OCH3 is 2. The van der Waals surface area contributed by atoms with Gasteiger partial charge in [0, 0.05) is 55.4 Å². The number of rotatable bonds is 10. The molecule has 0 spiro atoms. The number of nitrogens with one attached hydrogen (secondary N) is 1. The summed E-state index contributed by atoms with van der Waals surface area (Å²) in [6.45, 7) is 6.66. The molecule has 1 aromatic heterocycles. The number of alkyl halides is 3. The number of halogens is 3. The molecule has 1 atom stereocenters. The fourth-order valence-electron chi connectivity index (χ4n) is 5.17. The Balaban J connectivity index is 1.68. The molecule has 0 saturated carbocycles. The molecule has 0 bridgehead atoms. The predicted molar refractivity (Wildman–Crippen MR) is 144 cm³/mol. The largest absolute Gasteiger partial charge is 0.494 e. The number of piperazine rings is 1. The van der Waals surface area contributed by atoms with Crippen molar-refractivity contribution in [3.63, 3.8) is 0 Å². The van der Waals surface area contributed by atoms with Crippen LogP contribution < -0.4 is 19.7 Å². The molecule has 1 amide bonds. The zero-order chi connectivity index (χ0) is 28.2. The van der Waals surface area contributed by atoms with Crippen molar-refractivity contribution in [2.24, 2.45) is 0 Å². The van der Waals surface area contributed by atoms with Gasteiger partial charge in [-0.15, -0.1) is 0 Å². The summed E-state index contributed by atoms with van der Waals surface area (Å²) in [5, 5.41) is 14.9. The molecule has 8 nitrogen and oxygen atoms in total. The zero-order valence-electron chi connectivity index (χ0n) is 22.4. The summed E-state index contributed by atoms with van der Waals surface area (Å²) in [7, 11) is 3.06. The molecular formula is C28H35F3N4O4. The number of benzene rings is 2. The molecule has 0 unspecified atom stereocenters. The molecular weight excluding hydrogens is 513 g/mol. The van der Waals surface area contributed by atoms with Crippen LogP contribution in [0.5, 0.6) is 17.4 Å². The van der Waals surface area contributed by atoms with Crippen LogP contribution in [0.15, 0.2) is 42.6 Å². The van der Waals surface area contributed by atoms with E-state index in [1.54, 1.807) is 16.7 Å². The van der Waals surface area contributed by atoms with Crippen molar-refractivity contribution in [2.75, 3.05) is 58.4 Å². The zero-order valence-corrected chi connectivity index (χ0v) is 22.4. The normalized spacial score (nSPS) is 15.4. The third kappa shape index (κ3) is 6.19. The monoisotopic (exact) mass is 548 g/mol. The summed E-state index contributed by atoms with van der Waals surface area (Å²) in [6, 6.07) is 10.8. The molecule has 1 aliphatic heterocycles. The predicted octanol–water partition coefficient (Wildman–Crippen LogP) is 4.55. The van der Waals surface area contributed by atoms with Crippen molar-refractivity contribution in [1.82, 2.24) is 14.8 Å². The molecule has 1 saturated heterocycles. The highest BCUT2D eigenvalue weighted by Crippen LogP contribution is 2.40. The summed E-state index contributed by atoms with van der Waals surface area (Å²) in [5.74, 6) is -0.866. The Hall–Kier alpha value is -3.60. The SMILES string of the molecule is CCN1CCN(c2cccc3c(O)n([C@H](CCCNC(=O)C(F)(F)F)c4ccc(OC)c(OC)c4)cc23)CC1. The average Bonchev–Trinajstić information content (AvgIpc) is 3.28. The molecule has 212 valence electrons. The molecule has 1 fully saturated rings. The fourth-order valence-corrected chi connectivity index (χ4v) is 5.17. The van der Waals surface area contributed by atoms with Crippen molar-refractivity contribution in [3.05, 3.63) is 48.2 Å². The van der Waals surface area contributed by atoms with Gasteiger partial charge in [0.1, 0.15) is 0 Å². The Bertz CT molecular complexity index is 1290. The summed E-state index contributed by atoms with van der Waals surface area (Å²) in [4.78, 5) is 16.0. The van der Waals surface area contributed by atoms with E-state index >= 15 is 0 Å². The minimum atomic E-state index is -4.93. The van der Waals surface area contributed by atoms with Gasteiger partial charge in [0.25, 0.3) is 0 Å². The second-order valence-electron chi connectivity index (χ2n) is 9.55. The first-order chi connectivity index (χ1) is 18.7. The van der Waals surface area contributed by atoms with Crippen LogP contribution in [0.25, 0.3) is 10.8 Å². The maximum absolute atomic E-state index is 12.6. The maximum atomic E-state index is 12.6. The van der Waals surface area contributed by atoms with Crippen molar-refractivity contribution >= 4 is 22.4 Å². The fraction of sp³-hybridized carbons (Fsp3) is 0.464. The number of likely N-dealkylation sites (N-methyl/N-ethyl adjacent to an activating group) is 1. The van der Waals surface area contributed by atoms with Crippen molar-refractivity contribution in [3.8, 4) is 17.4 Å². The van der Waals surface area contributed by atoms with Gasteiger partial charge in [-0.25, -0.2) is 0 Å². The minimum Gasteiger partial charge on any atom is -0.494 e. The Morgan fingerprint density at radius 3 is 2.41 bits per heavy atom. The Morgan fingerprint density at radius 2 is 1.77 bits per heavy atom. The lowest BCUT2D eigenvalue weighted by molar-refractivity contribution is -0.173. The van der Waals surface area contributed by atoms with Gasteiger partial charge in [-0.1, -0.05) is 19.1 Å². The molecule has 4 rings (SSSR count). The van der Waals surface area contributed by atoms with Crippen LogP contribution in [0.1, 0.15) is 31.4 Å². The Labute approximate surface area is 225 Å². The van der Waals surface area contributed by atoms with E-state index in [4.69, 9.17) is 9.47 Å². The highest BCUT2D eigenvalue weighted by Gasteiger charge is 2.38. The molecule has 0 aliphatic carbocycles. The van der Waals surface area contributed by atoms with Crippen molar-refractivity contribution in [1.29, 1.82) is 0 Å². The van der Waals surface area contributed by atoms with Gasteiger partial charge >= 0.3 is 12.1 Å². The molecule has 11 heteroatoms. The van der Waals surface area contributed by atoms with Gasteiger partial charge in [0.15, 0.2) is 17.4 Å². The lowest BCUT2D eigenvalue weighted by Gasteiger charge is -2.35. The standard InChI is InChI=1S/C28H35F3N4O4/c1-4-33-13-15-34(16-14-33)23-8-5-7-20-21(23)18-35(26(20)36)22(9-6-12-32-27(37)28(29,30)31)19-10-11-24(38-2)25(17-19)39-3/h5,7-8,10-11,17-18,22,36H,4,6,9,12-16H2,1-3H3,(H,32,37)/t22-/m1/s1. The van der Waals surface area contributed by atoms with Crippen LogP contribution in [0.4, 0.5) is 18.9 Å². The minimum absolute atomic E-state index is 0.0677. The first-order valence-corrected chi connectivity index (χ1v) is 13.0. The van der Waals surface area contributed by atoms with Crippen molar-refractivity contribution < 1.29 is 32.5 Å². The number of nitrogens with zero attached hydrogens (tertiary/aromatic N) is 3. The van der Waals surface area contributed by atoms with Gasteiger partial charge in [-0.05, 0) is 49.2 Å².